The largest absolute Gasteiger partial charge is 0.493 e. The van der Waals surface area contributed by atoms with Crippen LogP contribution in [0.2, 0.25) is 0 Å². The highest BCUT2D eigenvalue weighted by Gasteiger charge is 2.17. The molecule has 0 aromatic carbocycles. The van der Waals surface area contributed by atoms with Gasteiger partial charge in [0.1, 0.15) is 11.8 Å². The second-order valence-electron chi connectivity index (χ2n) is 2.69. The minimum atomic E-state index is -0.701. The van der Waals surface area contributed by atoms with Crippen LogP contribution in [0.4, 0.5) is 0 Å². The van der Waals surface area contributed by atoms with Crippen LogP contribution in [0.15, 0.2) is 6.20 Å². The molecular formula is C8H14N2O3. The van der Waals surface area contributed by atoms with Gasteiger partial charge in [-0.1, -0.05) is 0 Å². The van der Waals surface area contributed by atoms with E-state index in [4.69, 9.17) is 9.47 Å². The Morgan fingerprint density at radius 3 is 2.85 bits per heavy atom. The molecule has 5 nitrogen and oxygen atoms in total. The molecule has 1 atom stereocenters. The molecule has 0 saturated heterocycles. The van der Waals surface area contributed by atoms with Gasteiger partial charge in [-0.25, -0.2) is 0 Å². The molecule has 0 spiro atoms. The van der Waals surface area contributed by atoms with Crippen molar-refractivity contribution in [2.24, 2.45) is 7.05 Å². The van der Waals surface area contributed by atoms with Gasteiger partial charge in [0.15, 0.2) is 5.75 Å². The number of nitrogens with zero attached hydrogens (tertiary/aromatic N) is 2. The predicted molar refractivity (Wildman–Crippen MR) is 46.6 cm³/mol. The number of hydrogen-bond acceptors (Lipinski definition) is 4. The van der Waals surface area contributed by atoms with Crippen LogP contribution in [-0.4, -0.2) is 35.7 Å². The lowest BCUT2D eigenvalue weighted by atomic mass is 10.2. The van der Waals surface area contributed by atoms with E-state index < -0.39 is 6.10 Å². The Hall–Kier alpha value is -1.07. The van der Waals surface area contributed by atoms with Crippen LogP contribution in [0.5, 0.6) is 5.75 Å². The summed E-state index contributed by atoms with van der Waals surface area (Å²) in [6.07, 6.45) is 0.862. The fourth-order valence-corrected chi connectivity index (χ4v) is 1.20. The fourth-order valence-electron chi connectivity index (χ4n) is 1.20. The van der Waals surface area contributed by atoms with Crippen LogP contribution in [0, 0.1) is 0 Å². The zero-order chi connectivity index (χ0) is 9.84. The van der Waals surface area contributed by atoms with E-state index >= 15 is 0 Å². The molecule has 0 bridgehead atoms. The van der Waals surface area contributed by atoms with E-state index in [1.807, 2.05) is 0 Å². The molecule has 0 saturated carbocycles. The third-order valence-electron chi connectivity index (χ3n) is 1.81. The molecule has 1 rings (SSSR count). The Balaban J connectivity index is 2.89. The molecule has 1 aromatic rings. The van der Waals surface area contributed by atoms with Crippen molar-refractivity contribution in [3.63, 3.8) is 0 Å². The monoisotopic (exact) mass is 186 g/mol. The molecule has 5 heteroatoms. The summed E-state index contributed by atoms with van der Waals surface area (Å²) >= 11 is 0. The first-order chi connectivity index (χ1) is 6.20. The predicted octanol–water partition coefficient (Wildman–Crippen LogP) is 0.108. The SMILES string of the molecule is COCC(O)c1c(OC)cnn1C. The normalized spacial score (nSPS) is 12.9. The maximum Gasteiger partial charge on any atom is 0.162 e. The van der Waals surface area contributed by atoms with E-state index in [9.17, 15) is 5.11 Å². The Morgan fingerprint density at radius 1 is 1.62 bits per heavy atom. The van der Waals surface area contributed by atoms with Crippen molar-refractivity contribution in [2.75, 3.05) is 20.8 Å². The van der Waals surface area contributed by atoms with Crippen molar-refractivity contribution in [2.45, 2.75) is 6.10 Å². The van der Waals surface area contributed by atoms with Gasteiger partial charge in [-0.15, -0.1) is 0 Å². The first-order valence-electron chi connectivity index (χ1n) is 3.93. The number of rotatable bonds is 4. The molecule has 0 amide bonds. The van der Waals surface area contributed by atoms with Crippen molar-refractivity contribution in [3.8, 4) is 5.75 Å². The van der Waals surface area contributed by atoms with E-state index in [-0.39, 0.29) is 6.61 Å². The number of methoxy groups -OCH3 is 2. The number of aryl methyl sites for hydroxylation is 1. The lowest BCUT2D eigenvalue weighted by molar-refractivity contribution is 0.0576. The molecule has 0 fully saturated rings. The van der Waals surface area contributed by atoms with Crippen molar-refractivity contribution in [1.82, 2.24) is 9.78 Å². The molecule has 1 unspecified atom stereocenters. The molecule has 1 N–H and O–H groups in total. The minimum Gasteiger partial charge on any atom is -0.493 e. The van der Waals surface area contributed by atoms with Gasteiger partial charge in [0.05, 0.1) is 19.9 Å². The summed E-state index contributed by atoms with van der Waals surface area (Å²) in [5, 5.41) is 13.6. The maximum atomic E-state index is 9.64. The quantitative estimate of drug-likeness (QED) is 0.725. The van der Waals surface area contributed by atoms with Gasteiger partial charge in [0.2, 0.25) is 0 Å². The summed E-state index contributed by atoms with van der Waals surface area (Å²) in [7, 11) is 4.82. The third kappa shape index (κ3) is 1.99. The number of aromatic nitrogens is 2. The summed E-state index contributed by atoms with van der Waals surface area (Å²) in [5.74, 6) is 0.576. The maximum absolute atomic E-state index is 9.64. The molecule has 1 aromatic heterocycles. The van der Waals surface area contributed by atoms with E-state index in [1.54, 1.807) is 25.0 Å². The highest BCUT2D eigenvalue weighted by Crippen LogP contribution is 2.23. The first kappa shape index (κ1) is 10.0. The Bertz CT molecular complexity index is 272. The van der Waals surface area contributed by atoms with Gasteiger partial charge in [-0.3, -0.25) is 4.68 Å². The van der Waals surface area contributed by atoms with Gasteiger partial charge in [-0.05, 0) is 0 Å². The average Bonchev–Trinajstić information content (AvgIpc) is 2.47. The van der Waals surface area contributed by atoms with Crippen LogP contribution < -0.4 is 4.74 Å². The van der Waals surface area contributed by atoms with E-state index in [2.05, 4.69) is 5.10 Å². The molecule has 0 aliphatic heterocycles. The van der Waals surface area contributed by atoms with Crippen molar-refractivity contribution in [3.05, 3.63) is 11.9 Å². The van der Waals surface area contributed by atoms with Gasteiger partial charge in [0, 0.05) is 14.2 Å². The van der Waals surface area contributed by atoms with Gasteiger partial charge < -0.3 is 14.6 Å². The minimum absolute atomic E-state index is 0.232. The van der Waals surface area contributed by atoms with Crippen LogP contribution >= 0.6 is 0 Å². The van der Waals surface area contributed by atoms with Crippen molar-refractivity contribution < 1.29 is 14.6 Å². The van der Waals surface area contributed by atoms with Crippen LogP contribution in [-0.2, 0) is 11.8 Å². The van der Waals surface area contributed by atoms with Crippen LogP contribution in [0.3, 0.4) is 0 Å². The Kier molecular flexibility index (Phi) is 3.27. The van der Waals surface area contributed by atoms with Crippen molar-refractivity contribution in [1.29, 1.82) is 0 Å². The van der Waals surface area contributed by atoms with E-state index in [0.29, 0.717) is 11.4 Å². The third-order valence-corrected chi connectivity index (χ3v) is 1.81. The van der Waals surface area contributed by atoms with Crippen LogP contribution in [0.1, 0.15) is 11.8 Å². The van der Waals surface area contributed by atoms with Gasteiger partial charge in [0.25, 0.3) is 0 Å². The summed E-state index contributed by atoms with van der Waals surface area (Å²) in [6, 6.07) is 0. The fraction of sp³-hybridized carbons (Fsp3) is 0.625. The molecular weight excluding hydrogens is 172 g/mol. The number of aliphatic hydroxyl groups excluding tert-OH is 1. The summed E-state index contributed by atoms with van der Waals surface area (Å²) in [4.78, 5) is 0. The average molecular weight is 186 g/mol. The standard InChI is InChI=1S/C8H14N2O3/c1-10-8(6(11)5-12-2)7(13-3)4-9-10/h4,6,11H,5H2,1-3H3. The molecule has 74 valence electrons. The van der Waals surface area contributed by atoms with Gasteiger partial charge >= 0.3 is 0 Å². The van der Waals surface area contributed by atoms with E-state index in [0.717, 1.165) is 0 Å². The number of ether oxygens (including phenoxy) is 2. The zero-order valence-electron chi connectivity index (χ0n) is 8.02. The van der Waals surface area contributed by atoms with Crippen molar-refractivity contribution >= 4 is 0 Å². The molecule has 1 heterocycles. The Morgan fingerprint density at radius 2 is 2.31 bits per heavy atom. The number of aliphatic hydroxyl groups is 1. The highest BCUT2D eigenvalue weighted by molar-refractivity contribution is 5.26. The van der Waals surface area contributed by atoms with Gasteiger partial charge in [-0.2, -0.15) is 5.10 Å². The molecule has 0 aliphatic carbocycles. The lowest BCUT2D eigenvalue weighted by Gasteiger charge is -2.11. The topological polar surface area (TPSA) is 56.5 Å². The number of hydrogen-bond donors (Lipinski definition) is 1. The van der Waals surface area contributed by atoms with Crippen LogP contribution in [0.25, 0.3) is 0 Å². The molecule has 0 aliphatic rings. The summed E-state index contributed by atoms with van der Waals surface area (Å²) < 4.78 is 11.4. The summed E-state index contributed by atoms with van der Waals surface area (Å²) in [6.45, 7) is 0.232. The highest BCUT2D eigenvalue weighted by atomic mass is 16.5. The lowest BCUT2D eigenvalue weighted by Crippen LogP contribution is -2.11. The second-order valence-corrected chi connectivity index (χ2v) is 2.69. The molecule has 13 heavy (non-hydrogen) atoms. The smallest absolute Gasteiger partial charge is 0.162 e. The summed E-state index contributed by atoms with van der Waals surface area (Å²) in [5.41, 5.74) is 0.629. The second kappa shape index (κ2) is 4.25. The molecule has 0 radical (unpaired) electrons. The first-order valence-corrected chi connectivity index (χ1v) is 3.93. The van der Waals surface area contributed by atoms with E-state index in [1.165, 1.54) is 7.11 Å². The zero-order valence-corrected chi connectivity index (χ0v) is 8.02. The Labute approximate surface area is 76.9 Å².